The fourth-order valence-corrected chi connectivity index (χ4v) is 1.43. The predicted octanol–water partition coefficient (Wildman–Crippen LogP) is 4.22. The molecular formula is C10H21Cl. The highest BCUT2D eigenvalue weighted by Gasteiger charge is 2.10. The van der Waals surface area contributed by atoms with Gasteiger partial charge in [0, 0.05) is 5.38 Å². The van der Waals surface area contributed by atoms with E-state index in [1.54, 1.807) is 0 Å². The molecule has 0 nitrogen and oxygen atoms in total. The van der Waals surface area contributed by atoms with Gasteiger partial charge in [-0.3, -0.25) is 0 Å². The molecule has 0 rings (SSSR count). The van der Waals surface area contributed by atoms with Crippen LogP contribution in [0.2, 0.25) is 0 Å². The average molecular weight is 177 g/mol. The van der Waals surface area contributed by atoms with E-state index in [1.165, 1.54) is 25.7 Å². The Morgan fingerprint density at radius 2 is 1.82 bits per heavy atom. The lowest BCUT2D eigenvalue weighted by Gasteiger charge is -2.15. The van der Waals surface area contributed by atoms with E-state index in [2.05, 4.69) is 20.8 Å². The molecule has 68 valence electrons. The number of hydrogen-bond donors (Lipinski definition) is 0. The highest BCUT2D eigenvalue weighted by atomic mass is 35.5. The van der Waals surface area contributed by atoms with Crippen LogP contribution in [-0.2, 0) is 0 Å². The zero-order chi connectivity index (χ0) is 8.69. The SMILES string of the molecule is CCCCCC(C)C(Cl)CC. The van der Waals surface area contributed by atoms with Crippen molar-refractivity contribution in [2.45, 2.75) is 58.3 Å². The van der Waals surface area contributed by atoms with Crippen molar-refractivity contribution in [2.24, 2.45) is 5.92 Å². The van der Waals surface area contributed by atoms with Crippen LogP contribution in [0.1, 0.15) is 52.9 Å². The molecule has 0 fully saturated rings. The summed E-state index contributed by atoms with van der Waals surface area (Å²) >= 11 is 6.09. The zero-order valence-corrected chi connectivity index (χ0v) is 8.82. The van der Waals surface area contributed by atoms with Crippen LogP contribution in [0.4, 0.5) is 0 Å². The monoisotopic (exact) mass is 176 g/mol. The van der Waals surface area contributed by atoms with Gasteiger partial charge in [0.1, 0.15) is 0 Å². The molecule has 0 bridgehead atoms. The van der Waals surface area contributed by atoms with Gasteiger partial charge in [0.05, 0.1) is 0 Å². The van der Waals surface area contributed by atoms with Gasteiger partial charge in [-0.05, 0) is 18.8 Å². The molecule has 0 aliphatic heterocycles. The summed E-state index contributed by atoms with van der Waals surface area (Å²) in [5.41, 5.74) is 0. The van der Waals surface area contributed by atoms with Gasteiger partial charge in [0.25, 0.3) is 0 Å². The fourth-order valence-electron chi connectivity index (χ4n) is 1.30. The average Bonchev–Trinajstić information content (AvgIpc) is 2.03. The quantitative estimate of drug-likeness (QED) is 0.420. The Labute approximate surface area is 76.3 Å². The molecule has 0 aromatic heterocycles. The van der Waals surface area contributed by atoms with Gasteiger partial charge in [-0.25, -0.2) is 0 Å². The van der Waals surface area contributed by atoms with Crippen molar-refractivity contribution in [3.63, 3.8) is 0 Å². The number of unbranched alkanes of at least 4 members (excludes halogenated alkanes) is 2. The van der Waals surface area contributed by atoms with Crippen molar-refractivity contribution >= 4 is 11.6 Å². The van der Waals surface area contributed by atoms with Crippen molar-refractivity contribution in [3.05, 3.63) is 0 Å². The highest BCUT2D eigenvalue weighted by molar-refractivity contribution is 6.20. The lowest BCUT2D eigenvalue weighted by atomic mass is 9.98. The maximum atomic E-state index is 6.09. The number of halogens is 1. The molecule has 2 atom stereocenters. The van der Waals surface area contributed by atoms with E-state index >= 15 is 0 Å². The minimum absolute atomic E-state index is 0.395. The molecule has 11 heavy (non-hydrogen) atoms. The molecule has 0 aromatic rings. The minimum Gasteiger partial charge on any atom is -0.123 e. The Balaban J connectivity index is 3.28. The Morgan fingerprint density at radius 1 is 1.18 bits per heavy atom. The third-order valence-electron chi connectivity index (χ3n) is 2.27. The van der Waals surface area contributed by atoms with E-state index in [4.69, 9.17) is 11.6 Å². The number of alkyl halides is 1. The van der Waals surface area contributed by atoms with Crippen LogP contribution in [0.5, 0.6) is 0 Å². The van der Waals surface area contributed by atoms with E-state index in [1.807, 2.05) is 0 Å². The van der Waals surface area contributed by atoms with Crippen LogP contribution < -0.4 is 0 Å². The molecule has 0 spiro atoms. The summed E-state index contributed by atoms with van der Waals surface area (Å²) in [6.07, 6.45) is 6.43. The molecule has 0 amide bonds. The van der Waals surface area contributed by atoms with Crippen LogP contribution >= 0.6 is 11.6 Å². The van der Waals surface area contributed by atoms with E-state index in [9.17, 15) is 0 Å². The van der Waals surface area contributed by atoms with Gasteiger partial charge >= 0.3 is 0 Å². The van der Waals surface area contributed by atoms with E-state index in [0.717, 1.165) is 6.42 Å². The van der Waals surface area contributed by atoms with Crippen molar-refractivity contribution in [1.82, 2.24) is 0 Å². The molecule has 0 aliphatic carbocycles. The molecule has 1 heteroatoms. The summed E-state index contributed by atoms with van der Waals surface area (Å²) in [6, 6.07) is 0. The van der Waals surface area contributed by atoms with E-state index < -0.39 is 0 Å². The Hall–Kier alpha value is 0.290. The van der Waals surface area contributed by atoms with E-state index in [0.29, 0.717) is 11.3 Å². The summed E-state index contributed by atoms with van der Waals surface area (Å²) in [5, 5.41) is 0.395. The molecular weight excluding hydrogens is 156 g/mol. The fraction of sp³-hybridized carbons (Fsp3) is 1.00. The van der Waals surface area contributed by atoms with Crippen LogP contribution in [0.25, 0.3) is 0 Å². The summed E-state index contributed by atoms with van der Waals surface area (Å²) in [4.78, 5) is 0. The van der Waals surface area contributed by atoms with Crippen LogP contribution in [-0.4, -0.2) is 5.38 Å². The van der Waals surface area contributed by atoms with Gasteiger partial charge in [-0.1, -0.05) is 40.0 Å². The third-order valence-corrected chi connectivity index (χ3v) is 3.01. The maximum absolute atomic E-state index is 6.09. The molecule has 0 aromatic carbocycles. The van der Waals surface area contributed by atoms with Crippen LogP contribution in [0, 0.1) is 5.92 Å². The maximum Gasteiger partial charge on any atom is 0.0359 e. The Morgan fingerprint density at radius 3 is 2.27 bits per heavy atom. The topological polar surface area (TPSA) is 0 Å². The summed E-state index contributed by atoms with van der Waals surface area (Å²) in [6.45, 7) is 6.66. The number of hydrogen-bond acceptors (Lipinski definition) is 0. The Kier molecular flexibility index (Phi) is 7.15. The van der Waals surface area contributed by atoms with Gasteiger partial charge in [-0.15, -0.1) is 11.6 Å². The molecule has 0 saturated carbocycles. The highest BCUT2D eigenvalue weighted by Crippen LogP contribution is 2.19. The molecule has 2 unspecified atom stereocenters. The largest absolute Gasteiger partial charge is 0.123 e. The minimum atomic E-state index is 0.395. The van der Waals surface area contributed by atoms with Gasteiger partial charge in [0.15, 0.2) is 0 Å². The second-order valence-electron chi connectivity index (χ2n) is 3.40. The van der Waals surface area contributed by atoms with Gasteiger partial charge in [-0.2, -0.15) is 0 Å². The van der Waals surface area contributed by atoms with Gasteiger partial charge < -0.3 is 0 Å². The van der Waals surface area contributed by atoms with Crippen molar-refractivity contribution in [2.75, 3.05) is 0 Å². The third kappa shape index (κ3) is 5.55. The normalized spacial score (nSPS) is 16.4. The first-order valence-electron chi connectivity index (χ1n) is 4.86. The van der Waals surface area contributed by atoms with Crippen molar-refractivity contribution in [3.8, 4) is 0 Å². The second kappa shape index (κ2) is 6.97. The lowest BCUT2D eigenvalue weighted by Crippen LogP contribution is -2.09. The lowest BCUT2D eigenvalue weighted by molar-refractivity contribution is 0.466. The van der Waals surface area contributed by atoms with Gasteiger partial charge in [0.2, 0.25) is 0 Å². The molecule has 0 aliphatic rings. The molecule has 0 heterocycles. The second-order valence-corrected chi connectivity index (χ2v) is 3.96. The first-order valence-corrected chi connectivity index (χ1v) is 5.30. The molecule has 0 N–H and O–H groups in total. The number of rotatable bonds is 6. The first-order chi connectivity index (χ1) is 5.22. The summed E-state index contributed by atoms with van der Waals surface area (Å²) < 4.78 is 0. The Bertz CT molecular complexity index is 80.9. The molecule has 0 saturated heterocycles. The zero-order valence-electron chi connectivity index (χ0n) is 8.07. The van der Waals surface area contributed by atoms with Crippen LogP contribution in [0.15, 0.2) is 0 Å². The van der Waals surface area contributed by atoms with Crippen LogP contribution in [0.3, 0.4) is 0 Å². The first kappa shape index (κ1) is 11.3. The predicted molar refractivity (Wildman–Crippen MR) is 53.2 cm³/mol. The standard InChI is InChI=1S/C10H21Cl/c1-4-6-7-8-9(3)10(11)5-2/h9-10H,4-8H2,1-3H3. The van der Waals surface area contributed by atoms with Crippen molar-refractivity contribution in [1.29, 1.82) is 0 Å². The summed E-state index contributed by atoms with van der Waals surface area (Å²) in [7, 11) is 0. The van der Waals surface area contributed by atoms with E-state index in [-0.39, 0.29) is 0 Å². The summed E-state index contributed by atoms with van der Waals surface area (Å²) in [5.74, 6) is 0.702. The smallest absolute Gasteiger partial charge is 0.0359 e. The molecule has 0 radical (unpaired) electrons. The van der Waals surface area contributed by atoms with Crippen molar-refractivity contribution < 1.29 is 0 Å².